The smallest absolute Gasteiger partial charge is 0.388 e. The Labute approximate surface area is 522 Å². The number of halogens is 5. The first-order chi connectivity index (χ1) is 43.6. The number of hydrogen-bond acceptors (Lipinski definition) is 14. The van der Waals surface area contributed by atoms with Crippen LogP contribution in [0.25, 0.3) is 44.6 Å². The number of benzene rings is 5. The van der Waals surface area contributed by atoms with Crippen molar-refractivity contribution in [3.05, 3.63) is 208 Å². The van der Waals surface area contributed by atoms with Crippen molar-refractivity contribution < 1.29 is 70.2 Å². The van der Waals surface area contributed by atoms with E-state index < -0.39 is 30.2 Å². The Morgan fingerprint density at radius 3 is 1.70 bits per heavy atom. The molecule has 91 heavy (non-hydrogen) atoms. The third kappa shape index (κ3) is 17.7. The van der Waals surface area contributed by atoms with Gasteiger partial charge in [0, 0.05) is 75.2 Å². The average Bonchev–Trinajstić information content (AvgIpc) is 1.71. The van der Waals surface area contributed by atoms with Crippen LogP contribution in [0.5, 0.6) is 23.4 Å². The van der Waals surface area contributed by atoms with Gasteiger partial charge in [0.05, 0.1) is 69.5 Å². The van der Waals surface area contributed by atoms with Gasteiger partial charge < -0.3 is 53.9 Å². The first-order valence-electron chi connectivity index (χ1n) is 29.2. The number of imidazole rings is 2. The van der Waals surface area contributed by atoms with E-state index in [0.29, 0.717) is 82.7 Å². The van der Waals surface area contributed by atoms with Gasteiger partial charge in [-0.15, -0.1) is 0 Å². The highest BCUT2D eigenvalue weighted by Gasteiger charge is 2.25. The highest BCUT2D eigenvalue weighted by atomic mass is 19.3. The molecule has 5 N–H and O–H groups in total. The number of fused-ring (bicyclic) bond motifs is 2. The van der Waals surface area contributed by atoms with E-state index in [2.05, 4.69) is 29.7 Å². The summed E-state index contributed by atoms with van der Waals surface area (Å²) in [4.78, 5) is 44.9. The topological polar surface area (TPSA) is 239 Å². The van der Waals surface area contributed by atoms with Crippen molar-refractivity contribution in [2.45, 2.75) is 99.3 Å². The molecule has 1 aliphatic carbocycles. The number of pyridine rings is 3. The third-order valence-electron chi connectivity index (χ3n) is 13.9. The van der Waals surface area contributed by atoms with Crippen LogP contribution in [-0.2, 0) is 48.6 Å². The summed E-state index contributed by atoms with van der Waals surface area (Å²) in [5, 5.41) is 18.8. The molecular formula is C68H71F5N8O10. The summed E-state index contributed by atoms with van der Waals surface area (Å²) in [6.07, 6.45) is 3.89. The predicted molar refractivity (Wildman–Crippen MR) is 334 cm³/mol. The van der Waals surface area contributed by atoms with Gasteiger partial charge in [-0.05, 0) is 121 Å². The number of nitrogens with zero attached hydrogens (tertiary/aromatic N) is 7. The maximum absolute atomic E-state index is 15.5. The Balaban J connectivity index is 0.000000243. The van der Waals surface area contributed by atoms with Crippen LogP contribution >= 0.6 is 0 Å². The summed E-state index contributed by atoms with van der Waals surface area (Å²) < 4.78 is 108. The lowest BCUT2D eigenvalue weighted by atomic mass is 10.0. The summed E-state index contributed by atoms with van der Waals surface area (Å²) in [7, 11) is 3.11. The molecule has 0 aliphatic heterocycles. The molecule has 0 radical (unpaired) electrons. The van der Waals surface area contributed by atoms with E-state index in [9.17, 15) is 28.6 Å². The fourth-order valence-corrected chi connectivity index (χ4v) is 9.44. The summed E-state index contributed by atoms with van der Waals surface area (Å²) in [6.45, 7) is 8.54. The van der Waals surface area contributed by atoms with Gasteiger partial charge in [0.1, 0.15) is 48.1 Å². The van der Waals surface area contributed by atoms with E-state index >= 15 is 13.2 Å². The monoisotopic (exact) mass is 1250 g/mol. The molecule has 18 nitrogen and oxygen atoms in total. The quantitative estimate of drug-likeness (QED) is 0.0477. The molecule has 0 atom stereocenters. The van der Waals surface area contributed by atoms with Crippen LogP contribution in [0.3, 0.4) is 0 Å². The molecular weight excluding hydrogens is 1180 g/mol. The van der Waals surface area contributed by atoms with Crippen LogP contribution in [0.4, 0.5) is 22.0 Å². The first-order valence-corrected chi connectivity index (χ1v) is 29.2. The molecule has 23 heteroatoms. The molecule has 0 amide bonds. The van der Waals surface area contributed by atoms with Crippen LogP contribution in [0.2, 0.25) is 0 Å². The van der Waals surface area contributed by atoms with Crippen molar-refractivity contribution >= 4 is 34.0 Å². The van der Waals surface area contributed by atoms with Crippen molar-refractivity contribution in [3.63, 3.8) is 0 Å². The number of alkyl halides is 2. The van der Waals surface area contributed by atoms with Crippen molar-refractivity contribution in [1.82, 2.24) is 40.2 Å². The molecule has 0 unspecified atom stereocenters. The zero-order chi connectivity index (χ0) is 64.4. The number of hydrogen-bond donors (Lipinski definition) is 3. The normalized spacial score (nSPS) is 11.6. The second-order valence-corrected chi connectivity index (χ2v) is 20.0. The molecule has 0 bridgehead atoms. The van der Waals surface area contributed by atoms with Gasteiger partial charge in [-0.25, -0.2) is 47.7 Å². The van der Waals surface area contributed by atoms with E-state index in [1.807, 2.05) is 75.6 Å². The molecule has 1 fully saturated rings. The number of carbonyl (C=O) groups is 2. The number of carboxylic acid groups (broad SMARTS) is 2. The lowest BCUT2D eigenvalue weighted by Gasteiger charge is -2.13. The van der Waals surface area contributed by atoms with Gasteiger partial charge >= 0.3 is 18.6 Å². The first kappa shape index (κ1) is 68.6. The van der Waals surface area contributed by atoms with Crippen LogP contribution in [0.15, 0.2) is 140 Å². The van der Waals surface area contributed by atoms with E-state index in [1.165, 1.54) is 67.9 Å². The van der Waals surface area contributed by atoms with Gasteiger partial charge in [0.25, 0.3) is 0 Å². The summed E-state index contributed by atoms with van der Waals surface area (Å²) in [6, 6.07) is 35.4. The van der Waals surface area contributed by atoms with Gasteiger partial charge in [0.15, 0.2) is 0 Å². The van der Waals surface area contributed by atoms with Crippen LogP contribution in [-0.4, -0.2) is 96.4 Å². The summed E-state index contributed by atoms with van der Waals surface area (Å²) in [5.41, 5.74) is 6.60. The minimum absolute atomic E-state index is 0. The molecule has 0 saturated heterocycles. The molecule has 10 aromatic rings. The Hall–Kier alpha value is -9.84. The Bertz CT molecular complexity index is 4100. The number of aromatic carboxylic acids is 2. The average molecular weight is 1260 g/mol. The zero-order valence-electron chi connectivity index (χ0n) is 51.4. The Kier molecular flexibility index (Phi) is 24.6. The van der Waals surface area contributed by atoms with E-state index in [4.69, 9.17) is 23.7 Å². The summed E-state index contributed by atoms with van der Waals surface area (Å²) >= 11 is 0. The zero-order valence-corrected chi connectivity index (χ0v) is 51.4. The predicted octanol–water partition coefficient (Wildman–Crippen LogP) is 14.7. The van der Waals surface area contributed by atoms with Crippen molar-refractivity contribution in [2.75, 3.05) is 27.4 Å². The number of carboxylic acids is 2. The van der Waals surface area contributed by atoms with Crippen LogP contribution in [0, 0.1) is 24.4 Å². The Morgan fingerprint density at radius 2 is 1.14 bits per heavy atom. The highest BCUT2D eigenvalue weighted by Crippen LogP contribution is 2.33. The van der Waals surface area contributed by atoms with E-state index in [1.54, 1.807) is 42.0 Å². The van der Waals surface area contributed by atoms with Crippen molar-refractivity contribution in [2.24, 2.45) is 0 Å². The van der Waals surface area contributed by atoms with Crippen LogP contribution < -0.4 is 25.1 Å². The maximum Gasteiger partial charge on any atom is 0.388 e. The van der Waals surface area contributed by atoms with Crippen molar-refractivity contribution in [1.29, 1.82) is 0 Å². The lowest BCUT2D eigenvalue weighted by molar-refractivity contribution is -0.0539. The molecule has 0 spiro atoms. The van der Waals surface area contributed by atoms with E-state index in [-0.39, 0.29) is 89.4 Å². The van der Waals surface area contributed by atoms with Gasteiger partial charge in [0.2, 0.25) is 17.6 Å². The SMILES string of the molecule is CC.CC.COCCn1c(Cc2cc(F)c(-c3cccc(OCc4cccnc4OC(F)F)n3)cc2F)nc2ccc(C(=O)O)cc21.COCCn1c(Cc2ccc(-c3cccc(OCc4ccc(C)cc4OC4CC4)n3)cc2F)nc2ccc(C(=O)O)cc21.N. The number of rotatable bonds is 24. The minimum Gasteiger partial charge on any atom is -0.490 e. The fraction of sp³-hybridized carbons (Fsp3) is 0.279. The Morgan fingerprint density at radius 1 is 0.593 bits per heavy atom. The fourth-order valence-electron chi connectivity index (χ4n) is 9.44. The van der Waals surface area contributed by atoms with Crippen molar-refractivity contribution in [3.8, 4) is 45.9 Å². The molecule has 1 aliphatic rings. The van der Waals surface area contributed by atoms with Gasteiger partial charge in [-0.2, -0.15) is 8.78 Å². The summed E-state index contributed by atoms with van der Waals surface area (Å²) in [5.74, 6) is -1.90. The number of aryl methyl sites for hydroxylation is 1. The maximum atomic E-state index is 15.5. The number of methoxy groups -OCH3 is 2. The third-order valence-corrected chi connectivity index (χ3v) is 13.9. The molecule has 11 rings (SSSR count). The molecule has 5 aromatic carbocycles. The highest BCUT2D eigenvalue weighted by molar-refractivity contribution is 5.93. The van der Waals surface area contributed by atoms with Gasteiger partial charge in [-0.1, -0.05) is 64.1 Å². The lowest BCUT2D eigenvalue weighted by Crippen LogP contribution is -2.10. The molecule has 1 saturated carbocycles. The largest absolute Gasteiger partial charge is 0.490 e. The molecule has 478 valence electrons. The number of ether oxygens (including phenoxy) is 6. The standard InChI is InChI=1S/C34H32FN3O5.C30H24F4N4O5.2C2H6.H3N/c1-21-6-7-25(31(16-21)43-26-11-12-26)20-42-33-5-3-4-28(37-33)23-9-8-22(27(35)17-23)19-32-36-29-13-10-24(34(39)40)18-30(29)38(32)14-15-41-2;1-41-11-10-38-25-13-17(29(39)40)7-8-24(25)36-26(38)14-19-12-22(32)20(15-21(19)31)23-5-2-6-27(37-23)42-16-18-4-3-9-35-28(18)43-30(33)34;2*1-2;/h3-10,13,16-18,26H,11-12,14-15,19-20H2,1-2H3,(H,39,40);2-9,12-13,15,30H,10-11,14,16H2,1H3,(H,39,40);2*1-2H3;1H3. The molecule has 5 heterocycles. The number of aromatic nitrogens is 7. The van der Waals surface area contributed by atoms with Crippen LogP contribution in [0.1, 0.15) is 101 Å². The van der Waals surface area contributed by atoms with E-state index in [0.717, 1.165) is 41.9 Å². The second-order valence-electron chi connectivity index (χ2n) is 20.0. The molecule has 5 aromatic heterocycles. The second kappa shape index (κ2) is 32.6. The van der Waals surface area contributed by atoms with Gasteiger partial charge in [-0.3, -0.25) is 0 Å². The minimum atomic E-state index is -3.06.